The number of methoxy groups -OCH3 is 1. The molecule has 1 aromatic carbocycles. The maximum atomic E-state index is 11.8. The molecule has 0 aromatic heterocycles. The Balaban J connectivity index is 2.80. The van der Waals surface area contributed by atoms with E-state index in [9.17, 15) is 14.4 Å². The van der Waals surface area contributed by atoms with Gasteiger partial charge >= 0.3 is 17.8 Å². The first kappa shape index (κ1) is 15.7. The van der Waals surface area contributed by atoms with Gasteiger partial charge in [0.2, 0.25) is 0 Å². The Labute approximate surface area is 117 Å². The summed E-state index contributed by atoms with van der Waals surface area (Å²) in [6.45, 7) is 4.52. The van der Waals surface area contributed by atoms with Crippen molar-refractivity contribution < 1.29 is 19.1 Å². The molecule has 0 bridgehead atoms. The minimum absolute atomic E-state index is 0.306. The molecule has 0 saturated carbocycles. The predicted molar refractivity (Wildman–Crippen MR) is 74.3 cm³/mol. The summed E-state index contributed by atoms with van der Waals surface area (Å²) >= 11 is 0. The molecule has 0 fully saturated rings. The van der Waals surface area contributed by atoms with Gasteiger partial charge in [0.25, 0.3) is 0 Å². The van der Waals surface area contributed by atoms with Crippen molar-refractivity contribution in [2.75, 3.05) is 25.5 Å². The number of anilines is 1. The van der Waals surface area contributed by atoms with Crippen LogP contribution in [0.4, 0.5) is 5.69 Å². The van der Waals surface area contributed by atoms with E-state index in [0.717, 1.165) is 0 Å². The monoisotopic (exact) mass is 278 g/mol. The third-order valence-electron chi connectivity index (χ3n) is 2.79. The van der Waals surface area contributed by atoms with E-state index in [-0.39, 0.29) is 0 Å². The molecular weight excluding hydrogens is 260 g/mol. The summed E-state index contributed by atoms with van der Waals surface area (Å²) < 4.78 is 4.59. The molecule has 2 amide bonds. The van der Waals surface area contributed by atoms with Gasteiger partial charge in [0.15, 0.2) is 0 Å². The van der Waals surface area contributed by atoms with E-state index >= 15 is 0 Å². The molecule has 108 valence electrons. The lowest BCUT2D eigenvalue weighted by atomic mass is 10.2. The average Bonchev–Trinajstić information content (AvgIpc) is 2.47. The van der Waals surface area contributed by atoms with Crippen molar-refractivity contribution in [1.82, 2.24) is 4.90 Å². The van der Waals surface area contributed by atoms with Crippen molar-refractivity contribution in [3.63, 3.8) is 0 Å². The maximum absolute atomic E-state index is 11.8. The summed E-state index contributed by atoms with van der Waals surface area (Å²) in [6, 6.07) is 6.22. The zero-order valence-corrected chi connectivity index (χ0v) is 11.8. The molecule has 0 unspecified atom stereocenters. The normalized spacial score (nSPS) is 9.75. The second kappa shape index (κ2) is 7.28. The van der Waals surface area contributed by atoms with Gasteiger partial charge in [-0.1, -0.05) is 6.07 Å². The minimum atomic E-state index is -0.726. The van der Waals surface area contributed by atoms with Crippen molar-refractivity contribution in [2.24, 2.45) is 0 Å². The first-order valence-corrected chi connectivity index (χ1v) is 6.32. The van der Waals surface area contributed by atoms with E-state index in [2.05, 4.69) is 10.1 Å². The van der Waals surface area contributed by atoms with E-state index < -0.39 is 17.8 Å². The number of esters is 1. The van der Waals surface area contributed by atoms with Gasteiger partial charge in [-0.3, -0.25) is 9.59 Å². The highest BCUT2D eigenvalue weighted by atomic mass is 16.5. The summed E-state index contributed by atoms with van der Waals surface area (Å²) in [4.78, 5) is 36.4. The van der Waals surface area contributed by atoms with Crippen LogP contribution in [0.3, 0.4) is 0 Å². The van der Waals surface area contributed by atoms with Crippen LogP contribution in [0.5, 0.6) is 0 Å². The molecule has 1 N–H and O–H groups in total. The lowest BCUT2D eigenvalue weighted by Crippen LogP contribution is -2.39. The van der Waals surface area contributed by atoms with Crippen LogP contribution in [0.25, 0.3) is 0 Å². The van der Waals surface area contributed by atoms with E-state index in [4.69, 9.17) is 0 Å². The molecule has 20 heavy (non-hydrogen) atoms. The van der Waals surface area contributed by atoms with Gasteiger partial charge in [-0.2, -0.15) is 0 Å². The third kappa shape index (κ3) is 3.81. The molecule has 6 nitrogen and oxygen atoms in total. The van der Waals surface area contributed by atoms with Gasteiger partial charge in [-0.05, 0) is 32.0 Å². The summed E-state index contributed by atoms with van der Waals surface area (Å²) in [6.07, 6.45) is 0. The molecule has 0 aliphatic heterocycles. The molecule has 1 aromatic rings. The summed E-state index contributed by atoms with van der Waals surface area (Å²) in [5, 5.41) is 2.47. The number of hydrogen-bond acceptors (Lipinski definition) is 4. The van der Waals surface area contributed by atoms with Crippen molar-refractivity contribution in [3.8, 4) is 0 Å². The molecule has 1 rings (SSSR count). The number of ether oxygens (including phenoxy) is 1. The second-order valence-electron chi connectivity index (χ2n) is 4.00. The Morgan fingerprint density at radius 3 is 2.40 bits per heavy atom. The van der Waals surface area contributed by atoms with E-state index in [1.165, 1.54) is 18.1 Å². The highest BCUT2D eigenvalue weighted by Gasteiger charge is 2.19. The topological polar surface area (TPSA) is 75.7 Å². The smallest absolute Gasteiger partial charge is 0.337 e. The average molecular weight is 278 g/mol. The number of carbonyl (C=O) groups excluding carboxylic acids is 3. The molecule has 0 aliphatic rings. The first-order chi connectivity index (χ1) is 9.53. The minimum Gasteiger partial charge on any atom is -0.465 e. The van der Waals surface area contributed by atoms with E-state index in [1.54, 1.807) is 32.0 Å². The van der Waals surface area contributed by atoms with Crippen LogP contribution in [-0.4, -0.2) is 42.9 Å². The molecule has 0 atom stereocenters. The quantitative estimate of drug-likeness (QED) is 0.665. The van der Waals surface area contributed by atoms with Crippen LogP contribution in [0.1, 0.15) is 24.2 Å². The SMILES string of the molecule is CCN(CC)C(=O)C(=O)Nc1cccc(C(=O)OC)c1. The second-order valence-corrected chi connectivity index (χ2v) is 4.00. The van der Waals surface area contributed by atoms with Gasteiger partial charge in [0.05, 0.1) is 12.7 Å². The molecule has 0 spiro atoms. The largest absolute Gasteiger partial charge is 0.465 e. The van der Waals surface area contributed by atoms with Gasteiger partial charge in [-0.15, -0.1) is 0 Å². The Kier molecular flexibility index (Phi) is 5.71. The van der Waals surface area contributed by atoms with Crippen LogP contribution in [0, 0.1) is 0 Å². The van der Waals surface area contributed by atoms with Crippen LogP contribution < -0.4 is 5.32 Å². The number of hydrogen-bond donors (Lipinski definition) is 1. The highest BCUT2D eigenvalue weighted by molar-refractivity contribution is 6.39. The zero-order chi connectivity index (χ0) is 15.1. The van der Waals surface area contributed by atoms with Crippen LogP contribution in [0.2, 0.25) is 0 Å². The fourth-order valence-corrected chi connectivity index (χ4v) is 1.68. The fraction of sp³-hybridized carbons (Fsp3) is 0.357. The van der Waals surface area contributed by atoms with Gasteiger partial charge in [0.1, 0.15) is 0 Å². The Morgan fingerprint density at radius 2 is 1.85 bits per heavy atom. The lowest BCUT2D eigenvalue weighted by Gasteiger charge is -2.17. The molecule has 0 saturated heterocycles. The van der Waals surface area contributed by atoms with Crippen molar-refractivity contribution in [3.05, 3.63) is 29.8 Å². The van der Waals surface area contributed by atoms with Crippen LogP contribution in [-0.2, 0) is 14.3 Å². The molecule has 0 heterocycles. The molecule has 0 aliphatic carbocycles. The number of amides is 2. The van der Waals surface area contributed by atoms with Gasteiger partial charge < -0.3 is 15.0 Å². The summed E-state index contributed by atoms with van der Waals surface area (Å²) in [7, 11) is 1.28. The maximum Gasteiger partial charge on any atom is 0.337 e. The van der Waals surface area contributed by atoms with Crippen molar-refractivity contribution >= 4 is 23.5 Å². The molecular formula is C14H18N2O4. The summed E-state index contributed by atoms with van der Waals surface area (Å²) in [5.74, 6) is -1.83. The predicted octanol–water partition coefficient (Wildman–Crippen LogP) is 1.28. The number of carbonyl (C=O) groups is 3. The first-order valence-electron chi connectivity index (χ1n) is 6.32. The molecule has 6 heteroatoms. The number of benzene rings is 1. The van der Waals surface area contributed by atoms with Crippen molar-refractivity contribution in [1.29, 1.82) is 0 Å². The number of nitrogens with one attached hydrogen (secondary N) is 1. The lowest BCUT2D eigenvalue weighted by molar-refractivity contribution is -0.142. The highest BCUT2D eigenvalue weighted by Crippen LogP contribution is 2.11. The number of likely N-dealkylation sites (N-methyl/N-ethyl adjacent to an activating group) is 1. The van der Waals surface area contributed by atoms with Gasteiger partial charge in [-0.25, -0.2) is 4.79 Å². The third-order valence-corrected chi connectivity index (χ3v) is 2.79. The summed E-state index contributed by atoms with van der Waals surface area (Å²) in [5.41, 5.74) is 0.680. The van der Waals surface area contributed by atoms with E-state index in [0.29, 0.717) is 24.3 Å². The standard InChI is InChI=1S/C14H18N2O4/c1-4-16(5-2)13(18)12(17)15-11-8-6-7-10(9-11)14(19)20-3/h6-9H,4-5H2,1-3H3,(H,15,17). The number of rotatable bonds is 4. The Morgan fingerprint density at radius 1 is 1.20 bits per heavy atom. The van der Waals surface area contributed by atoms with Crippen molar-refractivity contribution in [2.45, 2.75) is 13.8 Å². The van der Waals surface area contributed by atoms with Crippen LogP contribution in [0.15, 0.2) is 24.3 Å². The zero-order valence-electron chi connectivity index (χ0n) is 11.8. The van der Waals surface area contributed by atoms with E-state index in [1.807, 2.05) is 0 Å². The number of nitrogens with zero attached hydrogens (tertiary/aromatic N) is 1. The fourth-order valence-electron chi connectivity index (χ4n) is 1.68. The Bertz CT molecular complexity index is 510. The Hall–Kier alpha value is -2.37. The van der Waals surface area contributed by atoms with Crippen LogP contribution >= 0.6 is 0 Å². The molecule has 0 radical (unpaired) electrons. The van der Waals surface area contributed by atoms with Gasteiger partial charge in [0, 0.05) is 18.8 Å².